The van der Waals surface area contributed by atoms with Crippen LogP contribution in [-0.4, -0.2) is 67.6 Å². The first-order valence-electron chi connectivity index (χ1n) is 8.82. The molecule has 1 saturated heterocycles. The van der Waals surface area contributed by atoms with Gasteiger partial charge in [-0.1, -0.05) is 20.8 Å². The maximum Gasteiger partial charge on any atom is 0.272 e. The third kappa shape index (κ3) is 3.06. The molecule has 3 fully saturated rings. The fraction of sp³-hybridized carbons (Fsp3) is 0.944. The minimum absolute atomic E-state index is 0. The largest absolute Gasteiger partial charge is 1.00 e. The monoisotopic (exact) mass is 421 g/mol. The Morgan fingerprint density at radius 3 is 2.50 bits per heavy atom. The van der Waals surface area contributed by atoms with Gasteiger partial charge in [-0.3, -0.25) is 4.79 Å². The highest BCUT2D eigenvalue weighted by atomic mass is 79.9. The van der Waals surface area contributed by atoms with Crippen molar-refractivity contribution in [2.45, 2.75) is 45.0 Å². The van der Waals surface area contributed by atoms with E-state index in [1.54, 1.807) is 0 Å². The van der Waals surface area contributed by atoms with Crippen molar-refractivity contribution >= 4 is 16.8 Å². The van der Waals surface area contributed by atoms with Gasteiger partial charge in [-0.2, -0.15) is 0 Å². The average Bonchev–Trinajstić information content (AvgIpc) is 2.86. The van der Waals surface area contributed by atoms with E-state index >= 15 is 0 Å². The van der Waals surface area contributed by atoms with Crippen LogP contribution in [-0.2, 0) is 25.2 Å². The predicted molar refractivity (Wildman–Crippen MR) is 94.8 cm³/mol. The fourth-order valence-corrected chi connectivity index (χ4v) is 7.94. The number of ether oxygens (including phenoxy) is 2. The van der Waals surface area contributed by atoms with Crippen LogP contribution in [0.25, 0.3) is 0 Å². The molecular formula is C18H32BrNO3S. The highest BCUT2D eigenvalue weighted by molar-refractivity contribution is 7.97. The van der Waals surface area contributed by atoms with Crippen molar-refractivity contribution in [3.05, 3.63) is 0 Å². The minimum atomic E-state index is 0. The third-order valence-electron chi connectivity index (χ3n) is 7.13. The molecule has 24 heavy (non-hydrogen) atoms. The molecule has 1 aliphatic heterocycles. The van der Waals surface area contributed by atoms with Crippen molar-refractivity contribution in [1.29, 1.82) is 0 Å². The summed E-state index contributed by atoms with van der Waals surface area (Å²) in [6.07, 6.45) is 5.13. The van der Waals surface area contributed by atoms with Crippen LogP contribution in [0.3, 0.4) is 0 Å². The number of nitrogens with zero attached hydrogens (tertiary/aromatic N) is 1. The minimum Gasteiger partial charge on any atom is -1.00 e. The molecule has 3 aliphatic rings. The summed E-state index contributed by atoms with van der Waals surface area (Å²) in [7, 11) is 1.93. The molecule has 1 unspecified atom stereocenters. The quantitative estimate of drug-likeness (QED) is 0.543. The average molecular weight is 422 g/mol. The van der Waals surface area contributed by atoms with Crippen LogP contribution in [0.5, 0.6) is 0 Å². The molecule has 0 aromatic carbocycles. The van der Waals surface area contributed by atoms with Crippen LogP contribution in [0.4, 0.5) is 0 Å². The van der Waals surface area contributed by atoms with Crippen LogP contribution in [0.2, 0.25) is 0 Å². The van der Waals surface area contributed by atoms with Crippen LogP contribution < -0.4 is 17.0 Å². The highest BCUT2D eigenvalue weighted by Gasteiger charge is 2.70. The lowest BCUT2D eigenvalue weighted by molar-refractivity contribution is -0.132. The summed E-state index contributed by atoms with van der Waals surface area (Å²) in [6.45, 7) is 10.1. The van der Waals surface area contributed by atoms with Crippen LogP contribution in [0, 0.1) is 16.7 Å². The summed E-state index contributed by atoms with van der Waals surface area (Å²) >= 11 is 0. The highest BCUT2D eigenvalue weighted by Crippen LogP contribution is 2.67. The van der Waals surface area contributed by atoms with Gasteiger partial charge in [0.25, 0.3) is 5.91 Å². The van der Waals surface area contributed by atoms with Gasteiger partial charge in [0.2, 0.25) is 0 Å². The van der Waals surface area contributed by atoms with Crippen molar-refractivity contribution < 1.29 is 31.2 Å². The zero-order valence-electron chi connectivity index (χ0n) is 15.6. The van der Waals surface area contributed by atoms with Gasteiger partial charge in [-0.25, -0.2) is 0 Å². The molecule has 0 aromatic rings. The van der Waals surface area contributed by atoms with E-state index in [1.807, 2.05) is 12.0 Å². The number of amides is 1. The second kappa shape index (κ2) is 7.45. The van der Waals surface area contributed by atoms with Crippen molar-refractivity contribution in [2.75, 3.05) is 45.4 Å². The Hall–Kier alpha value is 0.220. The lowest BCUT2D eigenvalue weighted by Crippen LogP contribution is -3.00. The van der Waals surface area contributed by atoms with Crippen molar-refractivity contribution in [2.24, 2.45) is 16.7 Å². The molecular weight excluding hydrogens is 390 g/mol. The van der Waals surface area contributed by atoms with Crippen molar-refractivity contribution in [3.8, 4) is 0 Å². The first-order chi connectivity index (χ1) is 10.8. The Bertz CT molecular complexity index is 469. The van der Waals surface area contributed by atoms with Gasteiger partial charge < -0.3 is 31.4 Å². The predicted octanol–water partition coefficient (Wildman–Crippen LogP) is -1.06. The van der Waals surface area contributed by atoms with Gasteiger partial charge in [0, 0.05) is 31.5 Å². The molecule has 0 aromatic heterocycles. The normalized spacial score (nSPS) is 38.7. The zero-order chi connectivity index (χ0) is 16.8. The van der Waals surface area contributed by atoms with Gasteiger partial charge in [0.1, 0.15) is 11.4 Å². The Kier molecular flexibility index (Phi) is 6.38. The Morgan fingerprint density at radius 2 is 1.92 bits per heavy atom. The third-order valence-corrected chi connectivity index (χ3v) is 9.34. The first-order valence-corrected chi connectivity index (χ1v) is 10.7. The zero-order valence-corrected chi connectivity index (χ0v) is 18.0. The molecule has 2 aliphatic carbocycles. The molecule has 2 bridgehead atoms. The Morgan fingerprint density at radius 1 is 1.29 bits per heavy atom. The van der Waals surface area contributed by atoms with Crippen molar-refractivity contribution in [3.63, 3.8) is 0 Å². The number of carbonyl (C=O) groups is 1. The van der Waals surface area contributed by atoms with E-state index < -0.39 is 0 Å². The van der Waals surface area contributed by atoms with Crippen LogP contribution >= 0.6 is 0 Å². The number of methoxy groups -OCH3 is 1. The number of hydrogen-bond donors (Lipinski definition) is 0. The number of morpholine rings is 1. The van der Waals surface area contributed by atoms with Gasteiger partial charge >= 0.3 is 0 Å². The van der Waals surface area contributed by atoms with E-state index in [0.717, 1.165) is 13.1 Å². The van der Waals surface area contributed by atoms with Gasteiger partial charge in [-0.05, 0) is 29.2 Å². The van der Waals surface area contributed by atoms with E-state index in [1.165, 1.54) is 12.8 Å². The summed E-state index contributed by atoms with van der Waals surface area (Å²) in [4.78, 5) is 14.6. The summed E-state index contributed by atoms with van der Waals surface area (Å²) in [6, 6.07) is 0. The molecule has 6 heteroatoms. The SMILES string of the molecule is CO[C@@H]1[C@H]([S+](C)CC(=O)N2CCOCC2)[C@H]2CC[C@]1(C)C2(C)C.[Br-]. The van der Waals surface area contributed by atoms with Gasteiger partial charge in [0.15, 0.2) is 5.75 Å². The molecule has 0 spiro atoms. The number of hydrogen-bond acceptors (Lipinski definition) is 3. The number of carbonyl (C=O) groups excluding carboxylic acids is 1. The van der Waals surface area contributed by atoms with Crippen molar-refractivity contribution in [1.82, 2.24) is 4.90 Å². The van der Waals surface area contributed by atoms with E-state index in [9.17, 15) is 4.79 Å². The van der Waals surface area contributed by atoms with Crippen LogP contribution in [0.1, 0.15) is 33.6 Å². The fourth-order valence-electron chi connectivity index (χ4n) is 5.30. The topological polar surface area (TPSA) is 38.8 Å². The summed E-state index contributed by atoms with van der Waals surface area (Å²) in [5.74, 6) is 1.66. The molecule has 140 valence electrons. The van der Waals surface area contributed by atoms with Gasteiger partial charge in [-0.15, -0.1) is 0 Å². The number of halogens is 1. The molecule has 3 rings (SSSR count). The molecule has 5 atom stereocenters. The Labute approximate surface area is 160 Å². The molecule has 0 radical (unpaired) electrons. The Balaban J connectivity index is 0.00000208. The maximum absolute atomic E-state index is 12.6. The van der Waals surface area contributed by atoms with E-state index in [-0.39, 0.29) is 33.3 Å². The molecule has 4 nitrogen and oxygen atoms in total. The molecule has 0 N–H and O–H groups in total. The van der Waals surface area contributed by atoms with E-state index in [4.69, 9.17) is 9.47 Å². The van der Waals surface area contributed by atoms with Crippen LogP contribution in [0.15, 0.2) is 0 Å². The summed E-state index contributed by atoms with van der Waals surface area (Å²) in [5, 5.41) is 0.527. The second-order valence-electron chi connectivity index (χ2n) is 8.23. The smallest absolute Gasteiger partial charge is 0.272 e. The van der Waals surface area contributed by atoms with E-state index in [0.29, 0.717) is 47.6 Å². The number of fused-ring (bicyclic) bond motifs is 2. The number of rotatable bonds is 4. The standard InChI is InChI=1S/C18H32NO3S.BrH/c1-17(2)13-6-7-18(17,3)16(21-4)15(13)23(5)12-14(20)19-8-10-22-11-9-19;/h13,15-16H,6-12H2,1-5H3;1H/q+1;/p-1/t13-,15-,16-,18+,23?;/m1./s1. The summed E-state index contributed by atoms with van der Waals surface area (Å²) < 4.78 is 11.4. The van der Waals surface area contributed by atoms with E-state index in [2.05, 4.69) is 27.0 Å². The summed E-state index contributed by atoms with van der Waals surface area (Å²) in [5.41, 5.74) is 0.558. The molecule has 2 saturated carbocycles. The lowest BCUT2D eigenvalue weighted by atomic mass is 9.70. The van der Waals surface area contributed by atoms with Gasteiger partial charge in [0.05, 0.1) is 19.5 Å². The lowest BCUT2D eigenvalue weighted by Gasteiger charge is -2.38. The molecule has 1 heterocycles. The maximum atomic E-state index is 12.6. The first kappa shape index (κ1) is 20.5. The molecule has 1 amide bonds. The second-order valence-corrected chi connectivity index (χ2v) is 10.4.